The summed E-state index contributed by atoms with van der Waals surface area (Å²) in [6.45, 7) is 27.8. The van der Waals surface area contributed by atoms with E-state index in [-0.39, 0.29) is 22.3 Å². The van der Waals surface area contributed by atoms with Crippen molar-refractivity contribution in [2.75, 3.05) is 50.9 Å². The minimum Gasteiger partial charge on any atom is -0.476 e. The smallest absolute Gasteiger partial charge is 0.315 e. The molecule has 57 heavy (non-hydrogen) atoms. The van der Waals surface area contributed by atoms with Crippen LogP contribution in [0.3, 0.4) is 0 Å². The normalized spacial score (nSPS) is 41.4. The summed E-state index contributed by atoms with van der Waals surface area (Å²) in [6.07, 6.45) is 20.9. The second-order valence-corrected chi connectivity index (χ2v) is 22.4. The van der Waals surface area contributed by atoms with Gasteiger partial charge in [-0.25, -0.2) is 4.98 Å². The van der Waals surface area contributed by atoms with Crippen molar-refractivity contribution in [2.45, 2.75) is 131 Å². The second-order valence-electron chi connectivity index (χ2n) is 21.2. The van der Waals surface area contributed by atoms with Crippen molar-refractivity contribution >= 4 is 17.7 Å². The van der Waals surface area contributed by atoms with Crippen molar-refractivity contribution in [2.24, 2.45) is 56.7 Å². The molecular weight excluding hydrogens is 723 g/mol. The van der Waals surface area contributed by atoms with Crippen LogP contribution in [0, 0.1) is 56.7 Å². The van der Waals surface area contributed by atoms with E-state index >= 15 is 0 Å². The van der Waals surface area contributed by atoms with E-state index in [0.717, 1.165) is 31.2 Å². The Bertz CT molecular complexity index is 1720. The molecule has 6 nitrogen and oxygen atoms in total. The highest BCUT2D eigenvalue weighted by atomic mass is 32.2. The zero-order valence-corrected chi connectivity index (χ0v) is 37.5. The van der Waals surface area contributed by atoms with Gasteiger partial charge in [-0.05, 0) is 159 Å². The Morgan fingerprint density at radius 3 is 2.46 bits per heavy atom. The van der Waals surface area contributed by atoms with Crippen LogP contribution in [0.1, 0.15) is 126 Å². The lowest BCUT2D eigenvalue weighted by Crippen LogP contribution is -2.68. The first-order valence-corrected chi connectivity index (χ1v) is 24.2. The molecule has 1 N–H and O–H groups in total. The maximum absolute atomic E-state index is 13.5. The molecule has 7 heteroatoms. The van der Waals surface area contributed by atoms with E-state index in [9.17, 15) is 4.79 Å². The topological polar surface area (TPSA) is 63.7 Å². The molecule has 0 amide bonds. The van der Waals surface area contributed by atoms with Gasteiger partial charge < -0.3 is 19.7 Å². The van der Waals surface area contributed by atoms with Gasteiger partial charge in [0.2, 0.25) is 5.88 Å². The molecule has 6 aliphatic carbocycles. The molecule has 7 aliphatic rings. The molecule has 1 unspecified atom stereocenters. The summed E-state index contributed by atoms with van der Waals surface area (Å²) >= 11 is 2.12. The number of pyridine rings is 1. The number of carbonyl (C=O) groups excluding carboxylic acids is 1. The lowest BCUT2D eigenvalue weighted by atomic mass is 9.33. The molecule has 314 valence electrons. The fraction of sp³-hybridized carbons (Fsp3) is 0.760. The van der Waals surface area contributed by atoms with Crippen LogP contribution in [-0.2, 0) is 9.53 Å². The Balaban J connectivity index is 1.02. The van der Waals surface area contributed by atoms with Gasteiger partial charge in [-0.3, -0.25) is 4.79 Å². The Labute approximate surface area is 350 Å². The molecule has 0 radical (unpaired) electrons. The Morgan fingerprint density at radius 2 is 1.75 bits per heavy atom. The average molecular weight is 798 g/mol. The molecule has 1 aliphatic heterocycles. The first-order valence-electron chi connectivity index (χ1n) is 23.0. The number of aromatic nitrogens is 1. The van der Waals surface area contributed by atoms with Gasteiger partial charge in [-0.2, -0.15) is 11.8 Å². The standard InChI is InChI=1S/C50H75N3O3S/c1-9-55-44(54)49(34-56-42-12-10-11-27-51-42)22-15-36(16-23-49)38-18-20-46(6)40(45(38,4)5)19-21-48(8)41(46)14-13-39-43-37(35(2)3)17-24-50(43,26-25-47(39,48)7)52-28-29-53-30-32-57-33-31-53/h10-12,15,18,27,37,39-41,43,52H,2,9,13-14,16-17,19-26,28-34H2,1,3-8H3/t37-,39+,40-,41+,43+,46-,47+,48+,49?,50-/m0/s1. The fourth-order valence-corrected chi connectivity index (χ4v) is 16.3. The zero-order valence-electron chi connectivity index (χ0n) is 36.7. The molecule has 10 atom stereocenters. The number of hydrogen-bond acceptors (Lipinski definition) is 7. The van der Waals surface area contributed by atoms with Gasteiger partial charge in [0.05, 0.1) is 6.61 Å². The molecule has 4 saturated carbocycles. The van der Waals surface area contributed by atoms with E-state index in [0.29, 0.717) is 54.1 Å². The number of ether oxygens (including phenoxy) is 2. The maximum Gasteiger partial charge on any atom is 0.315 e. The zero-order chi connectivity index (χ0) is 40.3. The maximum atomic E-state index is 13.5. The first kappa shape index (κ1) is 41.6. The van der Waals surface area contributed by atoms with Crippen molar-refractivity contribution < 1.29 is 14.3 Å². The van der Waals surface area contributed by atoms with E-state index in [2.05, 4.69) is 87.2 Å². The molecule has 2 heterocycles. The highest BCUT2D eigenvalue weighted by molar-refractivity contribution is 7.99. The van der Waals surface area contributed by atoms with Crippen molar-refractivity contribution in [1.29, 1.82) is 0 Å². The lowest BCUT2D eigenvalue weighted by molar-refractivity contribution is -0.221. The molecule has 0 aromatic carbocycles. The van der Waals surface area contributed by atoms with Crippen LogP contribution in [0.4, 0.5) is 0 Å². The summed E-state index contributed by atoms with van der Waals surface area (Å²) in [5.41, 5.74) is 5.04. The number of rotatable bonds is 11. The number of nitrogens with zero attached hydrogens (tertiary/aromatic N) is 2. The predicted octanol–water partition coefficient (Wildman–Crippen LogP) is 10.7. The average Bonchev–Trinajstić information content (AvgIpc) is 3.58. The number of thioether (sulfide) groups is 1. The minimum absolute atomic E-state index is 0.0709. The molecule has 5 fully saturated rings. The number of carbonyl (C=O) groups is 1. The number of esters is 1. The van der Waals surface area contributed by atoms with E-state index in [1.54, 1.807) is 11.8 Å². The third-order valence-electron chi connectivity index (χ3n) is 18.5. The van der Waals surface area contributed by atoms with Crippen LogP contribution < -0.4 is 10.1 Å². The van der Waals surface area contributed by atoms with Crippen molar-refractivity contribution in [3.05, 3.63) is 59.8 Å². The van der Waals surface area contributed by atoms with Gasteiger partial charge >= 0.3 is 5.97 Å². The monoisotopic (exact) mass is 798 g/mol. The van der Waals surface area contributed by atoms with Gasteiger partial charge in [0.25, 0.3) is 0 Å². The molecule has 0 bridgehead atoms. The van der Waals surface area contributed by atoms with Crippen LogP contribution in [-0.4, -0.2) is 72.3 Å². The summed E-state index contributed by atoms with van der Waals surface area (Å²) in [5, 5.41) is 4.36. The highest BCUT2D eigenvalue weighted by Gasteiger charge is 2.70. The molecule has 1 aromatic rings. The Kier molecular flexibility index (Phi) is 11.5. The Morgan fingerprint density at radius 1 is 0.947 bits per heavy atom. The van der Waals surface area contributed by atoms with Crippen LogP contribution in [0.25, 0.3) is 0 Å². The van der Waals surface area contributed by atoms with Crippen molar-refractivity contribution in [1.82, 2.24) is 15.2 Å². The van der Waals surface area contributed by atoms with Gasteiger partial charge in [-0.1, -0.05) is 65.0 Å². The van der Waals surface area contributed by atoms with Gasteiger partial charge in [0, 0.05) is 55.5 Å². The molecule has 8 rings (SSSR count). The third kappa shape index (κ3) is 6.92. The number of hydrogen-bond donors (Lipinski definition) is 1. The minimum atomic E-state index is -0.687. The number of allylic oxidation sites excluding steroid dienone is 5. The molecule has 0 spiro atoms. The SMILES string of the molecule is C=C(C)[C@@H]1CC[C@]2(NCCN3CCSCC3)CC[C@]3(C)[C@H](CC[C@@H]4[C@@]5(C)CC=C(C6=CCC(COc7ccccn7)(C(=O)OCC)CC6)C(C)(C)[C@@H]5CC[C@]43C)[C@@H]12. The summed E-state index contributed by atoms with van der Waals surface area (Å²) in [6, 6.07) is 5.67. The van der Waals surface area contributed by atoms with Crippen molar-refractivity contribution in [3.63, 3.8) is 0 Å². The number of fused-ring (bicyclic) bond motifs is 7. The van der Waals surface area contributed by atoms with E-state index < -0.39 is 5.41 Å². The van der Waals surface area contributed by atoms with Crippen molar-refractivity contribution in [3.8, 4) is 5.88 Å². The van der Waals surface area contributed by atoms with Crippen LogP contribution in [0.15, 0.2) is 59.8 Å². The second kappa shape index (κ2) is 15.7. The quantitative estimate of drug-likeness (QED) is 0.177. The lowest BCUT2D eigenvalue weighted by Gasteiger charge is -2.72. The fourth-order valence-electron chi connectivity index (χ4n) is 15.3. The van der Waals surface area contributed by atoms with Gasteiger partial charge in [0.15, 0.2) is 0 Å². The molecule has 1 saturated heterocycles. The summed E-state index contributed by atoms with van der Waals surface area (Å²) in [4.78, 5) is 20.6. The van der Waals surface area contributed by atoms with E-state index in [1.807, 2.05) is 25.1 Å². The van der Waals surface area contributed by atoms with Gasteiger partial charge in [0.1, 0.15) is 12.0 Å². The highest BCUT2D eigenvalue weighted by Crippen LogP contribution is 2.76. The van der Waals surface area contributed by atoms with Crippen LogP contribution >= 0.6 is 11.8 Å². The molecule has 1 aromatic heterocycles. The summed E-state index contributed by atoms with van der Waals surface area (Å²) in [5.74, 6) is 6.47. The summed E-state index contributed by atoms with van der Waals surface area (Å²) in [7, 11) is 0. The number of nitrogens with one attached hydrogen (secondary N) is 1. The third-order valence-corrected chi connectivity index (χ3v) is 19.4. The molecular formula is C50H75N3O3S. The van der Waals surface area contributed by atoms with E-state index in [4.69, 9.17) is 9.47 Å². The Hall–Kier alpha value is -2.09. The first-order chi connectivity index (χ1) is 27.2. The predicted molar refractivity (Wildman–Crippen MR) is 235 cm³/mol. The van der Waals surface area contributed by atoms with Crippen LogP contribution in [0.5, 0.6) is 5.88 Å². The van der Waals surface area contributed by atoms with Gasteiger partial charge in [-0.15, -0.1) is 0 Å². The van der Waals surface area contributed by atoms with Crippen LogP contribution in [0.2, 0.25) is 0 Å². The summed E-state index contributed by atoms with van der Waals surface area (Å²) < 4.78 is 11.8. The largest absolute Gasteiger partial charge is 0.476 e. The van der Waals surface area contributed by atoms with E-state index in [1.165, 1.54) is 100 Å².